The fourth-order valence-electron chi connectivity index (χ4n) is 3.93. The molecule has 0 atom stereocenters. The number of fused-ring (bicyclic) bond motifs is 5. The van der Waals surface area contributed by atoms with Gasteiger partial charge in [-0.2, -0.15) is 0 Å². The van der Waals surface area contributed by atoms with Crippen LogP contribution in [0.1, 0.15) is 11.1 Å². The van der Waals surface area contributed by atoms with Gasteiger partial charge in [-0.1, -0.05) is 11.6 Å². The molecule has 0 amide bonds. The molecule has 4 rings (SSSR count). The second-order valence-electron chi connectivity index (χ2n) is 6.43. The lowest BCUT2D eigenvalue weighted by Gasteiger charge is -2.11. The Labute approximate surface area is 144 Å². The molecule has 128 valence electrons. The van der Waals surface area contributed by atoms with Gasteiger partial charge in [-0.3, -0.25) is 4.79 Å². The Balaban J connectivity index is 2.38. The molecule has 0 aliphatic heterocycles. The van der Waals surface area contributed by atoms with Crippen molar-refractivity contribution in [2.75, 3.05) is 14.2 Å². The Morgan fingerprint density at radius 1 is 0.960 bits per heavy atom. The first kappa shape index (κ1) is 15.6. The minimum atomic E-state index is -0.158. The van der Waals surface area contributed by atoms with Gasteiger partial charge in [-0.25, -0.2) is 0 Å². The summed E-state index contributed by atoms with van der Waals surface area (Å²) < 4.78 is 8.77. The van der Waals surface area contributed by atoms with Crippen molar-refractivity contribution in [1.29, 1.82) is 0 Å². The van der Waals surface area contributed by atoms with Gasteiger partial charge in [0, 0.05) is 23.9 Å². The first-order valence-electron chi connectivity index (χ1n) is 8.14. The van der Waals surface area contributed by atoms with Gasteiger partial charge in [0.1, 0.15) is 12.9 Å². The van der Waals surface area contributed by atoms with Crippen LogP contribution in [0.25, 0.3) is 32.7 Å². The van der Waals surface area contributed by atoms with Crippen molar-refractivity contribution in [3.8, 4) is 5.75 Å². The number of rotatable bonds is 2. The molecule has 2 aromatic carbocycles. The minimum Gasteiger partial charge on any atom is -0.497 e. The van der Waals surface area contributed by atoms with E-state index in [2.05, 4.69) is 23.6 Å². The molecule has 4 aromatic rings. The number of ether oxygens (including phenoxy) is 1. The van der Waals surface area contributed by atoms with E-state index in [1.165, 1.54) is 11.8 Å². The van der Waals surface area contributed by atoms with E-state index in [0.717, 1.165) is 32.9 Å². The molecular formula is C20H20N2O3. The van der Waals surface area contributed by atoms with Gasteiger partial charge in [0.05, 0.1) is 29.0 Å². The van der Waals surface area contributed by atoms with Crippen molar-refractivity contribution < 1.29 is 9.57 Å². The molecule has 5 nitrogen and oxygen atoms in total. The third kappa shape index (κ3) is 1.98. The highest BCUT2D eigenvalue weighted by Gasteiger charge is 2.20. The molecule has 2 aromatic heterocycles. The maximum Gasteiger partial charge on any atom is 0.293 e. The zero-order valence-electron chi connectivity index (χ0n) is 15.0. The number of benzene rings is 2. The second kappa shape index (κ2) is 5.28. The van der Waals surface area contributed by atoms with Crippen molar-refractivity contribution >= 4 is 32.7 Å². The van der Waals surface area contributed by atoms with Crippen molar-refractivity contribution in [3.05, 3.63) is 51.8 Å². The molecule has 0 aliphatic carbocycles. The van der Waals surface area contributed by atoms with Gasteiger partial charge in [0.15, 0.2) is 0 Å². The van der Waals surface area contributed by atoms with Crippen molar-refractivity contribution in [2.24, 2.45) is 7.05 Å². The lowest BCUT2D eigenvalue weighted by Crippen LogP contribution is -2.25. The summed E-state index contributed by atoms with van der Waals surface area (Å²) in [7, 11) is 5.12. The lowest BCUT2D eigenvalue weighted by atomic mass is 10.1. The molecule has 0 saturated heterocycles. The van der Waals surface area contributed by atoms with E-state index in [9.17, 15) is 4.79 Å². The van der Waals surface area contributed by atoms with Crippen LogP contribution >= 0.6 is 0 Å². The number of pyridine rings is 1. The number of hydrogen-bond donors (Lipinski definition) is 0. The predicted octanol–water partition coefficient (Wildman–Crippen LogP) is 3.33. The zero-order chi connectivity index (χ0) is 17.9. The van der Waals surface area contributed by atoms with Gasteiger partial charge in [-0.05, 0) is 37.6 Å². The Morgan fingerprint density at radius 3 is 2.40 bits per heavy atom. The van der Waals surface area contributed by atoms with Gasteiger partial charge >= 0.3 is 0 Å². The van der Waals surface area contributed by atoms with Crippen LogP contribution in [0.15, 0.2) is 35.1 Å². The van der Waals surface area contributed by atoms with E-state index in [1.54, 1.807) is 7.11 Å². The summed E-state index contributed by atoms with van der Waals surface area (Å²) in [5.74, 6) is 0.683. The molecule has 0 spiro atoms. The summed E-state index contributed by atoms with van der Waals surface area (Å²) in [5.41, 5.74) is 4.81. The molecule has 0 fully saturated rings. The van der Waals surface area contributed by atoms with Gasteiger partial charge in [0.25, 0.3) is 5.56 Å². The number of aromatic nitrogens is 2. The standard InChI is InChI=1S/C20H20N2O3/c1-11-8-12(2)18-15(9-11)17-19(21(18)3)14-7-6-13(24-4)10-16(14)22(25-5)20(17)23/h6-10H,1-5H3. The molecule has 25 heavy (non-hydrogen) atoms. The first-order valence-corrected chi connectivity index (χ1v) is 8.14. The molecule has 0 unspecified atom stereocenters. The SMILES string of the molecule is COc1ccc2c(c1)n(OC)c(=O)c1c3cc(C)cc(C)c3n(C)c21. The van der Waals surface area contributed by atoms with Crippen molar-refractivity contribution in [2.45, 2.75) is 13.8 Å². The Kier molecular flexibility index (Phi) is 3.29. The van der Waals surface area contributed by atoms with E-state index < -0.39 is 0 Å². The number of methoxy groups -OCH3 is 1. The predicted molar refractivity (Wildman–Crippen MR) is 101 cm³/mol. The average molecular weight is 336 g/mol. The van der Waals surface area contributed by atoms with Crippen LogP contribution in [-0.2, 0) is 7.05 Å². The second-order valence-corrected chi connectivity index (χ2v) is 6.43. The smallest absolute Gasteiger partial charge is 0.293 e. The zero-order valence-corrected chi connectivity index (χ0v) is 15.0. The molecule has 0 bridgehead atoms. The fraction of sp³-hybridized carbons (Fsp3) is 0.250. The third-order valence-corrected chi connectivity index (χ3v) is 4.88. The highest BCUT2D eigenvalue weighted by molar-refractivity contribution is 6.17. The molecule has 0 saturated carbocycles. The van der Waals surface area contributed by atoms with E-state index >= 15 is 0 Å². The summed E-state index contributed by atoms with van der Waals surface area (Å²) in [4.78, 5) is 18.6. The van der Waals surface area contributed by atoms with Crippen molar-refractivity contribution in [1.82, 2.24) is 9.30 Å². The van der Waals surface area contributed by atoms with Gasteiger partial charge in [-0.15, -0.1) is 4.73 Å². The van der Waals surface area contributed by atoms with Crippen LogP contribution in [0.5, 0.6) is 5.75 Å². The molecule has 0 aliphatic rings. The Bertz CT molecular complexity index is 1220. The molecule has 0 radical (unpaired) electrons. The normalized spacial score (nSPS) is 11.6. The highest BCUT2D eigenvalue weighted by atomic mass is 16.6. The molecule has 0 N–H and O–H groups in total. The topological polar surface area (TPSA) is 45.4 Å². The average Bonchev–Trinajstić information content (AvgIpc) is 2.88. The Morgan fingerprint density at radius 2 is 1.72 bits per heavy atom. The summed E-state index contributed by atoms with van der Waals surface area (Å²) in [6.45, 7) is 4.13. The third-order valence-electron chi connectivity index (χ3n) is 4.88. The highest BCUT2D eigenvalue weighted by Crippen LogP contribution is 2.34. The lowest BCUT2D eigenvalue weighted by molar-refractivity contribution is 0.170. The van der Waals surface area contributed by atoms with Crippen LogP contribution in [0.3, 0.4) is 0 Å². The first-order chi connectivity index (χ1) is 12.0. The largest absolute Gasteiger partial charge is 0.497 e. The van der Waals surface area contributed by atoms with Gasteiger partial charge < -0.3 is 14.1 Å². The van der Waals surface area contributed by atoms with Crippen LogP contribution in [-0.4, -0.2) is 23.5 Å². The number of aryl methyl sites for hydroxylation is 3. The molecular weight excluding hydrogens is 316 g/mol. The minimum absolute atomic E-state index is 0.158. The number of hydrogen-bond acceptors (Lipinski definition) is 3. The summed E-state index contributed by atoms with van der Waals surface area (Å²) in [6.07, 6.45) is 0. The number of nitrogens with zero attached hydrogens (tertiary/aromatic N) is 2. The van der Waals surface area contributed by atoms with Crippen LogP contribution in [0.4, 0.5) is 0 Å². The van der Waals surface area contributed by atoms with E-state index in [0.29, 0.717) is 16.7 Å². The summed E-state index contributed by atoms with van der Waals surface area (Å²) in [5, 5.41) is 2.60. The Hall–Kier alpha value is -2.95. The molecule has 2 heterocycles. The van der Waals surface area contributed by atoms with E-state index in [-0.39, 0.29) is 5.56 Å². The van der Waals surface area contributed by atoms with E-state index in [4.69, 9.17) is 9.57 Å². The maximum atomic E-state index is 13.2. The van der Waals surface area contributed by atoms with Gasteiger partial charge in [0.2, 0.25) is 0 Å². The van der Waals surface area contributed by atoms with E-state index in [1.807, 2.05) is 32.2 Å². The molecule has 5 heteroatoms. The van der Waals surface area contributed by atoms with Crippen LogP contribution in [0, 0.1) is 13.8 Å². The van der Waals surface area contributed by atoms with Crippen molar-refractivity contribution in [3.63, 3.8) is 0 Å². The quantitative estimate of drug-likeness (QED) is 0.564. The van der Waals surface area contributed by atoms with Crippen LogP contribution in [0.2, 0.25) is 0 Å². The van der Waals surface area contributed by atoms with Crippen LogP contribution < -0.4 is 15.1 Å². The monoisotopic (exact) mass is 336 g/mol. The summed E-state index contributed by atoms with van der Waals surface area (Å²) in [6, 6.07) is 9.92. The summed E-state index contributed by atoms with van der Waals surface area (Å²) >= 11 is 0. The maximum absolute atomic E-state index is 13.2. The fourth-order valence-corrected chi connectivity index (χ4v) is 3.93.